The Morgan fingerprint density at radius 3 is 2.57 bits per heavy atom. The minimum absolute atomic E-state index is 0.126. The topological polar surface area (TPSA) is 94.7 Å². The van der Waals surface area contributed by atoms with Gasteiger partial charge in [0.05, 0.1) is 5.69 Å². The predicted octanol–water partition coefficient (Wildman–Crippen LogP) is 3.74. The van der Waals surface area contributed by atoms with Crippen LogP contribution in [-0.4, -0.2) is 40.8 Å². The molecule has 30 heavy (non-hydrogen) atoms. The van der Waals surface area contributed by atoms with E-state index in [2.05, 4.69) is 4.98 Å². The number of aromatic amines is 1. The summed E-state index contributed by atoms with van der Waals surface area (Å²) >= 11 is 0. The van der Waals surface area contributed by atoms with Gasteiger partial charge in [-0.15, -0.1) is 0 Å². The van der Waals surface area contributed by atoms with E-state index in [9.17, 15) is 14.4 Å². The van der Waals surface area contributed by atoms with Crippen molar-refractivity contribution in [1.82, 2.24) is 4.98 Å². The number of ketones is 2. The molecule has 1 aliphatic heterocycles. The van der Waals surface area contributed by atoms with Crippen molar-refractivity contribution in [2.45, 2.75) is 59.7 Å². The van der Waals surface area contributed by atoms with Gasteiger partial charge in [0.2, 0.25) is 5.78 Å². The number of nitrogens with one attached hydrogen (secondary N) is 1. The molecule has 0 unspecified atom stereocenters. The number of esters is 1. The highest BCUT2D eigenvalue weighted by Gasteiger charge is 2.32. The van der Waals surface area contributed by atoms with Crippen molar-refractivity contribution < 1.29 is 28.6 Å². The first-order valence-electron chi connectivity index (χ1n) is 9.87. The number of aryl methyl sites for hydroxylation is 1. The number of H-pyrrole nitrogens is 1. The van der Waals surface area contributed by atoms with Crippen LogP contribution in [0.4, 0.5) is 0 Å². The van der Waals surface area contributed by atoms with Crippen LogP contribution >= 0.6 is 0 Å². The third-order valence-electron chi connectivity index (χ3n) is 5.11. The molecule has 0 radical (unpaired) electrons. The maximum absolute atomic E-state index is 12.7. The van der Waals surface area contributed by atoms with Crippen molar-refractivity contribution in [3.8, 4) is 11.5 Å². The van der Waals surface area contributed by atoms with Crippen LogP contribution in [0.1, 0.15) is 65.4 Å². The minimum atomic E-state index is -1.02. The van der Waals surface area contributed by atoms with Gasteiger partial charge < -0.3 is 19.2 Å². The van der Waals surface area contributed by atoms with Crippen molar-refractivity contribution >= 4 is 17.5 Å². The van der Waals surface area contributed by atoms with Crippen LogP contribution in [0.2, 0.25) is 0 Å². The second kappa shape index (κ2) is 7.97. The van der Waals surface area contributed by atoms with Gasteiger partial charge in [-0.2, -0.15) is 0 Å². The first-order valence-corrected chi connectivity index (χ1v) is 9.87. The smallest absolute Gasteiger partial charge is 0.344 e. The summed E-state index contributed by atoms with van der Waals surface area (Å²) in [5.41, 5.74) is 2.63. The van der Waals surface area contributed by atoms with E-state index in [0.717, 1.165) is 12.0 Å². The first kappa shape index (κ1) is 21.6. The molecular formula is C23H27NO6. The molecule has 0 saturated carbocycles. The lowest BCUT2D eigenvalue weighted by molar-refractivity contribution is -0.148. The van der Waals surface area contributed by atoms with Crippen molar-refractivity contribution in [2.75, 3.05) is 6.61 Å². The number of hydrogen-bond acceptors (Lipinski definition) is 6. The van der Waals surface area contributed by atoms with Crippen molar-refractivity contribution in [1.29, 1.82) is 0 Å². The highest BCUT2D eigenvalue weighted by Crippen LogP contribution is 2.41. The minimum Gasteiger partial charge on any atom is -0.483 e. The Labute approximate surface area is 175 Å². The van der Waals surface area contributed by atoms with Crippen LogP contribution in [-0.2, 0) is 16.0 Å². The van der Waals surface area contributed by atoms with Gasteiger partial charge in [-0.1, -0.05) is 12.1 Å². The van der Waals surface area contributed by atoms with Crippen LogP contribution in [0.5, 0.6) is 11.5 Å². The van der Waals surface area contributed by atoms with Gasteiger partial charge in [-0.05, 0) is 53.2 Å². The van der Waals surface area contributed by atoms with Crippen LogP contribution in [0.25, 0.3) is 0 Å². The Hall–Kier alpha value is -3.09. The second-order valence-electron chi connectivity index (χ2n) is 8.25. The molecule has 2 heterocycles. The van der Waals surface area contributed by atoms with Crippen LogP contribution in [0.15, 0.2) is 18.2 Å². The summed E-state index contributed by atoms with van der Waals surface area (Å²) < 4.78 is 16.8. The highest BCUT2D eigenvalue weighted by atomic mass is 16.6. The Balaban J connectivity index is 1.63. The molecule has 1 aromatic heterocycles. The monoisotopic (exact) mass is 413 g/mol. The van der Waals surface area contributed by atoms with E-state index in [1.807, 2.05) is 26.0 Å². The number of fused-ring (bicyclic) bond motifs is 1. The lowest BCUT2D eigenvalue weighted by Gasteiger charge is -2.18. The molecule has 0 aliphatic carbocycles. The van der Waals surface area contributed by atoms with Crippen LogP contribution in [0.3, 0.4) is 0 Å². The lowest BCUT2D eigenvalue weighted by Crippen LogP contribution is -2.28. The molecule has 0 spiro atoms. The van der Waals surface area contributed by atoms with Gasteiger partial charge in [0.15, 0.2) is 30.0 Å². The van der Waals surface area contributed by atoms with Crippen molar-refractivity contribution in [3.05, 3.63) is 46.3 Å². The third-order valence-corrected chi connectivity index (χ3v) is 5.11. The molecule has 7 heteroatoms. The van der Waals surface area contributed by atoms with Gasteiger partial charge in [0.25, 0.3) is 0 Å². The average molecular weight is 413 g/mol. The fourth-order valence-corrected chi connectivity index (χ4v) is 3.85. The summed E-state index contributed by atoms with van der Waals surface area (Å²) in [5, 5.41) is 0. The third kappa shape index (κ3) is 4.25. The quantitative estimate of drug-likeness (QED) is 0.549. The number of ether oxygens (including phenoxy) is 3. The van der Waals surface area contributed by atoms with Gasteiger partial charge in [0.1, 0.15) is 5.60 Å². The molecule has 3 rings (SSSR count). The lowest BCUT2D eigenvalue weighted by atomic mass is 10.0. The average Bonchev–Trinajstić information content (AvgIpc) is 3.13. The molecule has 1 atom stereocenters. The number of hydrogen-bond donors (Lipinski definition) is 1. The van der Waals surface area contributed by atoms with E-state index in [-0.39, 0.29) is 23.7 Å². The summed E-state index contributed by atoms with van der Waals surface area (Å²) in [6.45, 7) is 9.99. The number of benzene rings is 1. The SMILES string of the molecule is CC(=O)c1c(C)[nH]c(C(=O)[C@H](C)OC(=O)COc2cccc3c2OC(C)(C)C3)c1C. The molecule has 2 aromatic rings. The number of aromatic nitrogens is 1. The molecule has 1 N–H and O–H groups in total. The zero-order chi connectivity index (χ0) is 22.2. The Morgan fingerprint density at radius 2 is 1.93 bits per heavy atom. The largest absolute Gasteiger partial charge is 0.483 e. The van der Waals surface area contributed by atoms with Crippen molar-refractivity contribution in [3.63, 3.8) is 0 Å². The molecule has 160 valence electrons. The molecule has 1 aliphatic rings. The molecular weight excluding hydrogens is 386 g/mol. The summed E-state index contributed by atoms with van der Waals surface area (Å²) in [6, 6.07) is 5.54. The fourth-order valence-electron chi connectivity index (χ4n) is 3.85. The number of Topliss-reactive ketones (excluding diaryl/α,β-unsaturated/α-hetero) is 2. The Morgan fingerprint density at radius 1 is 1.23 bits per heavy atom. The molecule has 7 nitrogen and oxygen atoms in total. The van der Waals surface area contributed by atoms with E-state index in [1.54, 1.807) is 19.9 Å². The number of carbonyl (C=O) groups excluding carboxylic acids is 3. The van der Waals surface area contributed by atoms with E-state index in [4.69, 9.17) is 14.2 Å². The van der Waals surface area contributed by atoms with E-state index >= 15 is 0 Å². The first-order chi connectivity index (χ1) is 14.0. The number of rotatable bonds is 7. The van der Waals surface area contributed by atoms with Crippen LogP contribution < -0.4 is 9.47 Å². The van der Waals surface area contributed by atoms with Gasteiger partial charge in [-0.25, -0.2) is 4.79 Å². The molecule has 0 bridgehead atoms. The van der Waals surface area contributed by atoms with Gasteiger partial charge >= 0.3 is 5.97 Å². The zero-order valence-corrected chi connectivity index (χ0v) is 18.2. The molecule has 0 amide bonds. The summed E-state index contributed by atoms with van der Waals surface area (Å²) in [7, 11) is 0. The molecule has 0 saturated heterocycles. The van der Waals surface area contributed by atoms with E-state index in [1.165, 1.54) is 13.8 Å². The summed E-state index contributed by atoms with van der Waals surface area (Å²) in [6.07, 6.45) is -0.263. The predicted molar refractivity (Wildman–Crippen MR) is 111 cm³/mol. The number of para-hydroxylation sites is 1. The second-order valence-corrected chi connectivity index (χ2v) is 8.25. The van der Waals surface area contributed by atoms with E-state index in [0.29, 0.717) is 28.3 Å². The maximum atomic E-state index is 12.7. The number of carbonyl (C=O) groups is 3. The molecule has 0 fully saturated rings. The van der Waals surface area contributed by atoms with Crippen molar-refractivity contribution in [2.24, 2.45) is 0 Å². The fraction of sp³-hybridized carbons (Fsp3) is 0.435. The highest BCUT2D eigenvalue weighted by molar-refractivity contribution is 6.05. The molecule has 1 aromatic carbocycles. The van der Waals surface area contributed by atoms with E-state index < -0.39 is 17.9 Å². The van der Waals surface area contributed by atoms with Crippen LogP contribution in [0, 0.1) is 13.8 Å². The normalized spacial score (nSPS) is 15.1. The van der Waals surface area contributed by atoms with Gasteiger partial charge in [0, 0.05) is 23.2 Å². The standard InChI is InChI=1S/C23H27NO6/c1-12-19(14(3)25)13(2)24-20(12)21(27)15(4)29-18(26)11-28-17-9-7-8-16-10-23(5,6)30-22(16)17/h7-9,15,24H,10-11H2,1-6H3/t15-/m0/s1. The summed E-state index contributed by atoms with van der Waals surface area (Å²) in [5.74, 6) is -0.0932. The van der Waals surface area contributed by atoms with Gasteiger partial charge in [-0.3, -0.25) is 9.59 Å². The maximum Gasteiger partial charge on any atom is 0.344 e. The Kier molecular flexibility index (Phi) is 5.74. The zero-order valence-electron chi connectivity index (χ0n) is 18.2. The Bertz CT molecular complexity index is 1020. The summed E-state index contributed by atoms with van der Waals surface area (Å²) in [4.78, 5) is 39.7.